The standard InChI is InChI=1S/C21H22N4O3/c1-27-17-9-13-7-8-24(11-14(13)10-18(17)28-2)19-6-5-16-20(23-19)25(15-3-4-15)12-22-21(16)26/h5-6,9-10,12,15H,3-4,7-8,11H2,1-2H3. The molecule has 1 aliphatic carbocycles. The van der Waals surface area contributed by atoms with Gasteiger partial charge in [0.05, 0.1) is 19.6 Å². The molecule has 1 saturated carbocycles. The molecule has 0 bridgehead atoms. The molecule has 0 amide bonds. The highest BCUT2D eigenvalue weighted by atomic mass is 16.5. The third-order valence-electron chi connectivity index (χ3n) is 5.62. The molecule has 5 rings (SSSR count). The van der Waals surface area contributed by atoms with Gasteiger partial charge in [-0.15, -0.1) is 0 Å². The van der Waals surface area contributed by atoms with E-state index in [4.69, 9.17) is 14.5 Å². The lowest BCUT2D eigenvalue weighted by atomic mass is 9.98. The number of ether oxygens (including phenoxy) is 2. The zero-order chi connectivity index (χ0) is 19.3. The van der Waals surface area contributed by atoms with Gasteiger partial charge in [0.1, 0.15) is 17.8 Å². The zero-order valence-corrected chi connectivity index (χ0v) is 16.0. The number of fused-ring (bicyclic) bond motifs is 2. The van der Waals surface area contributed by atoms with Crippen LogP contribution in [-0.2, 0) is 13.0 Å². The van der Waals surface area contributed by atoms with E-state index in [-0.39, 0.29) is 5.56 Å². The molecule has 0 radical (unpaired) electrons. The van der Waals surface area contributed by atoms with Crippen LogP contribution in [0.5, 0.6) is 11.5 Å². The quantitative estimate of drug-likeness (QED) is 0.695. The van der Waals surface area contributed by atoms with Crippen LogP contribution in [0.4, 0.5) is 5.82 Å². The summed E-state index contributed by atoms with van der Waals surface area (Å²) in [6, 6.07) is 8.31. The molecule has 0 atom stereocenters. The summed E-state index contributed by atoms with van der Waals surface area (Å²) in [6.45, 7) is 1.60. The predicted octanol–water partition coefficient (Wildman–Crippen LogP) is 2.71. The summed E-state index contributed by atoms with van der Waals surface area (Å²) in [6.07, 6.45) is 4.78. The summed E-state index contributed by atoms with van der Waals surface area (Å²) in [5, 5.41) is 0.585. The lowest BCUT2D eigenvalue weighted by molar-refractivity contribution is 0.353. The second-order valence-electron chi connectivity index (χ2n) is 7.38. The molecule has 7 heteroatoms. The molecule has 0 saturated heterocycles. The van der Waals surface area contributed by atoms with Crippen molar-refractivity contribution in [2.45, 2.75) is 31.8 Å². The van der Waals surface area contributed by atoms with Crippen molar-refractivity contribution in [3.63, 3.8) is 0 Å². The van der Waals surface area contributed by atoms with E-state index in [1.54, 1.807) is 20.5 Å². The Labute approximate surface area is 162 Å². The van der Waals surface area contributed by atoms with E-state index in [1.807, 2.05) is 22.8 Å². The molecule has 0 spiro atoms. The van der Waals surface area contributed by atoms with Gasteiger partial charge in [-0.3, -0.25) is 4.79 Å². The Bertz CT molecular complexity index is 1120. The number of methoxy groups -OCH3 is 2. The van der Waals surface area contributed by atoms with Crippen molar-refractivity contribution in [2.24, 2.45) is 0 Å². The topological polar surface area (TPSA) is 69.5 Å². The summed E-state index contributed by atoms with van der Waals surface area (Å²) < 4.78 is 12.9. The van der Waals surface area contributed by atoms with Gasteiger partial charge in [-0.1, -0.05) is 0 Å². The van der Waals surface area contributed by atoms with Crippen molar-refractivity contribution in [3.8, 4) is 11.5 Å². The summed E-state index contributed by atoms with van der Waals surface area (Å²) in [4.78, 5) is 23.3. The van der Waals surface area contributed by atoms with Crippen LogP contribution in [0.2, 0.25) is 0 Å². The van der Waals surface area contributed by atoms with Crippen LogP contribution in [-0.4, -0.2) is 35.3 Å². The Hall–Kier alpha value is -3.09. The third kappa shape index (κ3) is 2.78. The fourth-order valence-electron chi connectivity index (χ4n) is 3.92. The lowest BCUT2D eigenvalue weighted by Crippen LogP contribution is -2.31. The van der Waals surface area contributed by atoms with E-state index in [0.717, 1.165) is 55.3 Å². The Morgan fingerprint density at radius 2 is 1.82 bits per heavy atom. The molecule has 28 heavy (non-hydrogen) atoms. The first-order valence-electron chi connectivity index (χ1n) is 9.54. The minimum atomic E-state index is -0.216. The van der Waals surface area contributed by atoms with Gasteiger partial charge in [0.2, 0.25) is 0 Å². The lowest BCUT2D eigenvalue weighted by Gasteiger charge is -2.30. The van der Waals surface area contributed by atoms with Gasteiger partial charge in [0, 0.05) is 19.1 Å². The Kier molecular flexibility index (Phi) is 3.96. The van der Waals surface area contributed by atoms with Gasteiger partial charge in [0.15, 0.2) is 11.5 Å². The number of nitrogens with zero attached hydrogens (tertiary/aromatic N) is 4. The predicted molar refractivity (Wildman–Crippen MR) is 106 cm³/mol. The molecule has 3 heterocycles. The van der Waals surface area contributed by atoms with Crippen molar-refractivity contribution in [1.29, 1.82) is 0 Å². The largest absolute Gasteiger partial charge is 0.493 e. The van der Waals surface area contributed by atoms with Gasteiger partial charge in [-0.2, -0.15) is 4.98 Å². The van der Waals surface area contributed by atoms with Crippen molar-refractivity contribution in [2.75, 3.05) is 25.7 Å². The Morgan fingerprint density at radius 1 is 1.07 bits per heavy atom. The summed E-state index contributed by atoms with van der Waals surface area (Å²) in [5.74, 6) is 2.38. The monoisotopic (exact) mass is 378 g/mol. The highest BCUT2D eigenvalue weighted by molar-refractivity contribution is 5.76. The first kappa shape index (κ1) is 17.0. The number of rotatable bonds is 4. The normalized spacial score (nSPS) is 16.1. The molecular weight excluding hydrogens is 356 g/mol. The number of hydrogen-bond donors (Lipinski definition) is 0. The van der Waals surface area contributed by atoms with E-state index in [0.29, 0.717) is 11.4 Å². The van der Waals surface area contributed by atoms with Gasteiger partial charge in [-0.05, 0) is 54.7 Å². The third-order valence-corrected chi connectivity index (χ3v) is 5.62. The number of pyridine rings is 1. The van der Waals surface area contributed by atoms with E-state index >= 15 is 0 Å². The van der Waals surface area contributed by atoms with Crippen molar-refractivity contribution < 1.29 is 9.47 Å². The maximum absolute atomic E-state index is 12.2. The SMILES string of the molecule is COc1cc2c(cc1OC)CN(c1ccc3c(=O)ncn(C4CC4)c3n1)CC2. The van der Waals surface area contributed by atoms with Crippen molar-refractivity contribution >= 4 is 16.9 Å². The van der Waals surface area contributed by atoms with Crippen molar-refractivity contribution in [3.05, 3.63) is 52.1 Å². The molecule has 1 aliphatic heterocycles. The maximum Gasteiger partial charge on any atom is 0.282 e. The molecule has 0 N–H and O–H groups in total. The van der Waals surface area contributed by atoms with E-state index in [9.17, 15) is 4.79 Å². The van der Waals surface area contributed by atoms with Crippen LogP contribution < -0.4 is 19.9 Å². The van der Waals surface area contributed by atoms with Crippen LogP contribution in [0.1, 0.15) is 30.0 Å². The number of hydrogen-bond acceptors (Lipinski definition) is 6. The van der Waals surface area contributed by atoms with Crippen LogP contribution >= 0.6 is 0 Å². The molecule has 7 nitrogen and oxygen atoms in total. The van der Waals surface area contributed by atoms with Gasteiger partial charge < -0.3 is 18.9 Å². The highest BCUT2D eigenvalue weighted by Gasteiger charge is 2.26. The maximum atomic E-state index is 12.2. The van der Waals surface area contributed by atoms with Crippen LogP contribution in [0.3, 0.4) is 0 Å². The molecule has 2 aliphatic rings. The second-order valence-corrected chi connectivity index (χ2v) is 7.38. The number of benzene rings is 1. The first-order valence-corrected chi connectivity index (χ1v) is 9.54. The summed E-state index contributed by atoms with van der Waals surface area (Å²) in [7, 11) is 3.31. The Balaban J connectivity index is 1.53. The molecular formula is C21H22N4O3. The number of anilines is 1. The minimum absolute atomic E-state index is 0.216. The molecule has 2 aromatic heterocycles. The summed E-state index contributed by atoms with van der Waals surface area (Å²) >= 11 is 0. The van der Waals surface area contributed by atoms with Crippen molar-refractivity contribution in [1.82, 2.24) is 14.5 Å². The Morgan fingerprint density at radius 3 is 2.54 bits per heavy atom. The van der Waals surface area contributed by atoms with Crippen LogP contribution in [0.15, 0.2) is 35.4 Å². The minimum Gasteiger partial charge on any atom is -0.493 e. The summed E-state index contributed by atoms with van der Waals surface area (Å²) in [5.41, 5.74) is 3.00. The van der Waals surface area contributed by atoms with Gasteiger partial charge in [-0.25, -0.2) is 4.98 Å². The van der Waals surface area contributed by atoms with E-state index < -0.39 is 0 Å². The first-order chi connectivity index (χ1) is 13.7. The highest BCUT2D eigenvalue weighted by Crippen LogP contribution is 2.37. The van der Waals surface area contributed by atoms with E-state index in [1.165, 1.54) is 11.1 Å². The van der Waals surface area contributed by atoms with E-state index in [2.05, 4.69) is 16.0 Å². The molecule has 144 valence electrons. The van der Waals surface area contributed by atoms with Gasteiger partial charge >= 0.3 is 0 Å². The fraction of sp³-hybridized carbons (Fsp3) is 0.381. The fourth-order valence-corrected chi connectivity index (χ4v) is 3.92. The van der Waals surface area contributed by atoms with Crippen LogP contribution in [0, 0.1) is 0 Å². The average molecular weight is 378 g/mol. The molecule has 3 aromatic rings. The smallest absolute Gasteiger partial charge is 0.282 e. The molecule has 1 aromatic carbocycles. The average Bonchev–Trinajstić information content (AvgIpc) is 3.57. The second kappa shape index (κ2) is 6.51. The number of aromatic nitrogens is 3. The van der Waals surface area contributed by atoms with Gasteiger partial charge in [0.25, 0.3) is 5.56 Å². The molecule has 1 fully saturated rings. The van der Waals surface area contributed by atoms with Crippen LogP contribution in [0.25, 0.3) is 11.0 Å². The zero-order valence-electron chi connectivity index (χ0n) is 16.0. The molecule has 0 unspecified atom stereocenters.